The van der Waals surface area contributed by atoms with Gasteiger partial charge in [0.15, 0.2) is 0 Å². The first-order valence-corrected chi connectivity index (χ1v) is 11.4. The molecule has 0 saturated carbocycles. The number of rotatable bonds is 6. The van der Waals surface area contributed by atoms with Crippen molar-refractivity contribution in [2.24, 2.45) is 0 Å². The number of imide groups is 1. The zero-order valence-corrected chi connectivity index (χ0v) is 18.8. The largest absolute Gasteiger partial charge is 0.492 e. The third kappa shape index (κ3) is 4.51. The van der Waals surface area contributed by atoms with Crippen LogP contribution in [0.25, 0.3) is 6.08 Å². The predicted molar refractivity (Wildman–Crippen MR) is 130 cm³/mol. The molecule has 0 spiro atoms. The van der Waals surface area contributed by atoms with Gasteiger partial charge in [-0.15, -0.1) is 0 Å². The van der Waals surface area contributed by atoms with Gasteiger partial charge in [-0.3, -0.25) is 19.7 Å². The molecular formula is C25H20N4O4S. The summed E-state index contributed by atoms with van der Waals surface area (Å²) in [6.45, 7) is 1.10. The highest BCUT2D eigenvalue weighted by atomic mass is 32.2. The molecule has 34 heavy (non-hydrogen) atoms. The number of benzene rings is 2. The second kappa shape index (κ2) is 9.40. The number of carbonyl (C=O) groups is 3. The Labute approximate surface area is 200 Å². The Balaban J connectivity index is 1.24. The molecule has 0 unspecified atom stereocenters. The van der Waals surface area contributed by atoms with Gasteiger partial charge >= 0.3 is 0 Å². The molecule has 5 rings (SSSR count). The summed E-state index contributed by atoms with van der Waals surface area (Å²) in [5.41, 5.74) is 2.25. The van der Waals surface area contributed by atoms with E-state index in [1.165, 1.54) is 0 Å². The zero-order valence-electron chi connectivity index (χ0n) is 18.0. The van der Waals surface area contributed by atoms with E-state index >= 15 is 0 Å². The lowest BCUT2D eigenvalue weighted by molar-refractivity contribution is -0.115. The highest BCUT2D eigenvalue weighted by molar-refractivity contribution is 8.18. The molecule has 0 atom stereocenters. The van der Waals surface area contributed by atoms with Crippen molar-refractivity contribution in [3.05, 3.63) is 89.0 Å². The topological polar surface area (TPSA) is 91.8 Å². The Hall–Kier alpha value is -4.11. The fourth-order valence-electron chi connectivity index (χ4n) is 3.76. The molecule has 0 bridgehead atoms. The first-order valence-electron chi connectivity index (χ1n) is 10.6. The molecule has 1 N–H and O–H groups in total. The van der Waals surface area contributed by atoms with Crippen molar-refractivity contribution < 1.29 is 19.1 Å². The van der Waals surface area contributed by atoms with Gasteiger partial charge in [0.1, 0.15) is 18.2 Å². The molecule has 0 aliphatic carbocycles. The molecule has 0 radical (unpaired) electrons. The van der Waals surface area contributed by atoms with E-state index in [1.807, 2.05) is 59.5 Å². The Morgan fingerprint density at radius 2 is 1.79 bits per heavy atom. The number of nitrogens with one attached hydrogen (secondary N) is 1. The SMILES string of the molecule is O=C1NC(=O)C(=Cc2ccc(OCCN3CN(c4ccccn4)c4ccccc4C3=O)cc2)S1. The number of para-hydroxylation sites is 1. The molecule has 3 heterocycles. The summed E-state index contributed by atoms with van der Waals surface area (Å²) < 4.78 is 5.86. The maximum atomic E-state index is 13.1. The van der Waals surface area contributed by atoms with Crippen LogP contribution in [-0.2, 0) is 4.79 Å². The van der Waals surface area contributed by atoms with Crippen molar-refractivity contribution in [3.8, 4) is 5.75 Å². The number of anilines is 2. The Kier molecular flexibility index (Phi) is 6.01. The van der Waals surface area contributed by atoms with Crippen LogP contribution in [0, 0.1) is 0 Å². The van der Waals surface area contributed by atoms with Crippen LogP contribution >= 0.6 is 11.8 Å². The minimum atomic E-state index is -0.386. The Morgan fingerprint density at radius 3 is 2.53 bits per heavy atom. The summed E-state index contributed by atoms with van der Waals surface area (Å²) in [4.78, 5) is 44.6. The van der Waals surface area contributed by atoms with E-state index in [9.17, 15) is 14.4 Å². The van der Waals surface area contributed by atoms with Gasteiger partial charge in [0, 0.05) is 6.20 Å². The number of hydrogen-bond acceptors (Lipinski definition) is 7. The normalized spacial score (nSPS) is 16.6. The standard InChI is InChI=1S/C25H20N4O4S/c30-23-21(34-25(32)27-23)15-17-8-10-18(11-9-17)33-14-13-28-16-29(22-7-3-4-12-26-22)20-6-2-1-5-19(20)24(28)31/h1-12,15H,13-14,16H2,(H,27,30,32). The van der Waals surface area contributed by atoms with Crippen molar-refractivity contribution in [2.75, 3.05) is 24.7 Å². The third-order valence-corrected chi connectivity index (χ3v) is 6.21. The summed E-state index contributed by atoms with van der Waals surface area (Å²) in [5, 5.41) is 1.87. The van der Waals surface area contributed by atoms with Crippen LogP contribution in [0.3, 0.4) is 0 Å². The minimum absolute atomic E-state index is 0.0461. The van der Waals surface area contributed by atoms with E-state index in [0.29, 0.717) is 36.0 Å². The summed E-state index contributed by atoms with van der Waals surface area (Å²) in [6.07, 6.45) is 3.39. The van der Waals surface area contributed by atoms with E-state index in [4.69, 9.17) is 4.74 Å². The number of nitrogens with zero attached hydrogens (tertiary/aromatic N) is 3. The maximum absolute atomic E-state index is 13.1. The molecular weight excluding hydrogens is 452 g/mol. The quantitative estimate of drug-likeness (QED) is 0.542. The molecule has 3 aromatic rings. The fourth-order valence-corrected chi connectivity index (χ4v) is 4.44. The van der Waals surface area contributed by atoms with Gasteiger partial charge in [-0.25, -0.2) is 4.98 Å². The van der Waals surface area contributed by atoms with Crippen molar-refractivity contribution in [1.82, 2.24) is 15.2 Å². The Bertz CT molecular complexity index is 1280. The fraction of sp³-hybridized carbons (Fsp3) is 0.120. The predicted octanol–water partition coefficient (Wildman–Crippen LogP) is 4.04. The van der Waals surface area contributed by atoms with Crippen LogP contribution in [0.15, 0.2) is 77.8 Å². The molecule has 2 aliphatic rings. The first kappa shape index (κ1) is 21.7. The van der Waals surface area contributed by atoms with Crippen molar-refractivity contribution in [3.63, 3.8) is 0 Å². The molecule has 2 aliphatic heterocycles. The summed E-state index contributed by atoms with van der Waals surface area (Å²) in [6, 6.07) is 20.4. The van der Waals surface area contributed by atoms with Gasteiger partial charge in [-0.1, -0.05) is 30.3 Å². The maximum Gasteiger partial charge on any atom is 0.290 e. The van der Waals surface area contributed by atoms with Gasteiger partial charge in [0.25, 0.3) is 17.1 Å². The molecule has 2 aromatic carbocycles. The van der Waals surface area contributed by atoms with Gasteiger partial charge in [-0.2, -0.15) is 0 Å². The van der Waals surface area contributed by atoms with Gasteiger partial charge in [-0.05, 0) is 59.8 Å². The van der Waals surface area contributed by atoms with Gasteiger partial charge in [0.2, 0.25) is 0 Å². The average Bonchev–Trinajstić information content (AvgIpc) is 3.18. The number of hydrogen-bond donors (Lipinski definition) is 1. The Morgan fingerprint density at radius 1 is 1.00 bits per heavy atom. The van der Waals surface area contributed by atoms with Gasteiger partial charge < -0.3 is 14.5 Å². The molecule has 1 saturated heterocycles. The van der Waals surface area contributed by atoms with Crippen molar-refractivity contribution in [1.29, 1.82) is 0 Å². The van der Waals surface area contributed by atoms with Crippen LogP contribution in [0.4, 0.5) is 16.3 Å². The smallest absolute Gasteiger partial charge is 0.290 e. The lowest BCUT2D eigenvalue weighted by Crippen LogP contribution is -2.46. The number of ether oxygens (including phenoxy) is 1. The summed E-state index contributed by atoms with van der Waals surface area (Å²) >= 11 is 0.881. The van der Waals surface area contributed by atoms with E-state index in [0.717, 1.165) is 28.8 Å². The lowest BCUT2D eigenvalue weighted by Gasteiger charge is -2.37. The highest BCUT2D eigenvalue weighted by Gasteiger charge is 2.30. The molecule has 9 heteroatoms. The zero-order chi connectivity index (χ0) is 23.5. The van der Waals surface area contributed by atoms with E-state index in [-0.39, 0.29) is 17.1 Å². The summed E-state index contributed by atoms with van der Waals surface area (Å²) in [5.74, 6) is 0.986. The van der Waals surface area contributed by atoms with E-state index < -0.39 is 0 Å². The van der Waals surface area contributed by atoms with Gasteiger partial charge in [0.05, 0.1) is 29.4 Å². The van der Waals surface area contributed by atoms with Crippen molar-refractivity contribution >= 4 is 46.4 Å². The second-order valence-corrected chi connectivity index (χ2v) is 8.63. The van der Waals surface area contributed by atoms with Crippen LogP contribution < -0.4 is 15.0 Å². The van der Waals surface area contributed by atoms with E-state index in [1.54, 1.807) is 29.3 Å². The number of carbonyl (C=O) groups excluding carboxylic acids is 3. The first-order chi connectivity index (χ1) is 16.6. The lowest BCUT2D eigenvalue weighted by atomic mass is 10.1. The van der Waals surface area contributed by atoms with Crippen molar-refractivity contribution in [2.45, 2.75) is 0 Å². The molecule has 3 amide bonds. The van der Waals surface area contributed by atoms with Crippen LogP contribution in [0.1, 0.15) is 15.9 Å². The molecule has 8 nitrogen and oxygen atoms in total. The molecule has 170 valence electrons. The number of pyridine rings is 1. The molecule has 1 fully saturated rings. The monoisotopic (exact) mass is 472 g/mol. The number of thioether (sulfide) groups is 1. The number of amides is 3. The second-order valence-electron chi connectivity index (χ2n) is 7.61. The summed E-state index contributed by atoms with van der Waals surface area (Å²) in [7, 11) is 0. The average molecular weight is 473 g/mol. The highest BCUT2D eigenvalue weighted by Crippen LogP contribution is 2.32. The van der Waals surface area contributed by atoms with Crippen LogP contribution in [-0.4, -0.2) is 46.8 Å². The number of fused-ring (bicyclic) bond motifs is 1. The third-order valence-electron chi connectivity index (χ3n) is 5.40. The van der Waals surface area contributed by atoms with Crippen LogP contribution in [0.5, 0.6) is 5.75 Å². The molecule has 1 aromatic heterocycles. The van der Waals surface area contributed by atoms with Crippen LogP contribution in [0.2, 0.25) is 0 Å². The van der Waals surface area contributed by atoms with E-state index in [2.05, 4.69) is 10.3 Å². The number of aromatic nitrogens is 1. The minimum Gasteiger partial charge on any atom is -0.492 e.